The Balaban J connectivity index is 1.68. The molecule has 0 aliphatic carbocycles. The summed E-state index contributed by atoms with van der Waals surface area (Å²) in [6, 6.07) is 0. The summed E-state index contributed by atoms with van der Waals surface area (Å²) in [5.74, 6) is 0.646. The average molecular weight is 271 g/mol. The lowest BCUT2D eigenvalue weighted by Gasteiger charge is -2.08. The van der Waals surface area contributed by atoms with Gasteiger partial charge in [0.1, 0.15) is 11.6 Å². The smallest absolute Gasteiger partial charge is 0.294 e. The Morgan fingerprint density at radius 2 is 2.39 bits per heavy atom. The summed E-state index contributed by atoms with van der Waals surface area (Å²) in [7, 11) is 0. The Kier molecular flexibility index (Phi) is 5.34. The lowest BCUT2D eigenvalue weighted by Crippen LogP contribution is -2.18. The maximum Gasteiger partial charge on any atom is 0.294 e. The Labute approximate surface area is 112 Å². The Morgan fingerprint density at radius 3 is 3.11 bits per heavy atom. The van der Waals surface area contributed by atoms with E-state index in [1.165, 1.54) is 11.3 Å². The third-order valence-corrected chi connectivity index (χ3v) is 3.53. The van der Waals surface area contributed by atoms with Gasteiger partial charge in [-0.15, -0.1) is 10.2 Å². The molecule has 0 amide bonds. The first kappa shape index (κ1) is 13.7. The maximum atomic E-state index is 5.59. The number of hydrogen-bond acceptors (Lipinski definition) is 6. The van der Waals surface area contributed by atoms with Crippen molar-refractivity contribution >= 4 is 11.3 Å². The summed E-state index contributed by atoms with van der Waals surface area (Å²) in [5.41, 5.74) is 0. The molecule has 102 valence electrons. The van der Waals surface area contributed by atoms with Crippen molar-refractivity contribution in [2.24, 2.45) is 5.92 Å². The van der Waals surface area contributed by atoms with Gasteiger partial charge in [0.05, 0.1) is 6.10 Å². The van der Waals surface area contributed by atoms with Crippen LogP contribution in [0.5, 0.6) is 5.19 Å². The molecule has 0 radical (unpaired) electrons. The summed E-state index contributed by atoms with van der Waals surface area (Å²) in [6.45, 7) is 7.57. The summed E-state index contributed by atoms with van der Waals surface area (Å²) in [5, 5.41) is 13.1. The van der Waals surface area contributed by atoms with Crippen molar-refractivity contribution < 1.29 is 9.47 Å². The highest BCUT2D eigenvalue weighted by Gasteiger charge is 2.17. The van der Waals surface area contributed by atoms with Crippen molar-refractivity contribution in [2.75, 3.05) is 19.8 Å². The minimum absolute atomic E-state index is 0.233. The molecule has 1 aliphatic rings. The third kappa shape index (κ3) is 4.51. The first-order valence-corrected chi connectivity index (χ1v) is 7.33. The van der Waals surface area contributed by atoms with Gasteiger partial charge in [0.2, 0.25) is 0 Å². The number of nitrogens with zero attached hydrogens (tertiary/aromatic N) is 2. The fraction of sp³-hybridized carbons (Fsp3) is 0.833. The first-order valence-electron chi connectivity index (χ1n) is 6.51. The minimum atomic E-state index is 0.233. The van der Waals surface area contributed by atoms with Crippen molar-refractivity contribution in [1.82, 2.24) is 15.5 Å². The summed E-state index contributed by atoms with van der Waals surface area (Å²) in [4.78, 5) is 0. The molecule has 0 bridgehead atoms. The zero-order chi connectivity index (χ0) is 12.8. The van der Waals surface area contributed by atoms with E-state index in [1.807, 2.05) is 0 Å². The topological polar surface area (TPSA) is 56.3 Å². The van der Waals surface area contributed by atoms with E-state index in [0.29, 0.717) is 17.7 Å². The van der Waals surface area contributed by atoms with Crippen LogP contribution in [0.25, 0.3) is 0 Å². The van der Waals surface area contributed by atoms with Crippen LogP contribution in [0.1, 0.15) is 31.7 Å². The van der Waals surface area contributed by atoms with E-state index in [4.69, 9.17) is 9.47 Å². The molecule has 1 aromatic rings. The highest BCUT2D eigenvalue weighted by molar-refractivity contribution is 7.13. The molecule has 1 saturated heterocycles. The molecule has 18 heavy (non-hydrogen) atoms. The Hall–Kier alpha value is -0.720. The second-order valence-corrected chi connectivity index (χ2v) is 5.96. The van der Waals surface area contributed by atoms with Gasteiger partial charge in [-0.25, -0.2) is 0 Å². The predicted octanol–water partition coefficient (Wildman–Crippen LogP) is 1.84. The summed E-state index contributed by atoms with van der Waals surface area (Å²) in [6.07, 6.45) is 2.45. The van der Waals surface area contributed by atoms with Gasteiger partial charge in [-0.2, -0.15) is 0 Å². The minimum Gasteiger partial charge on any atom is -0.466 e. The lowest BCUT2D eigenvalue weighted by molar-refractivity contribution is 0.0676. The molecule has 2 heterocycles. The SMILES string of the molecule is CC(C)CNCc1nnc(OCC2CCCO2)s1. The zero-order valence-electron chi connectivity index (χ0n) is 11.0. The fourth-order valence-corrected chi connectivity index (χ4v) is 2.44. The normalized spacial score (nSPS) is 19.6. The van der Waals surface area contributed by atoms with E-state index in [-0.39, 0.29) is 6.10 Å². The van der Waals surface area contributed by atoms with Gasteiger partial charge >= 0.3 is 0 Å². The molecule has 0 spiro atoms. The number of hydrogen-bond donors (Lipinski definition) is 1. The molecule has 0 saturated carbocycles. The second kappa shape index (κ2) is 7.01. The Morgan fingerprint density at radius 1 is 1.50 bits per heavy atom. The van der Waals surface area contributed by atoms with Gasteiger partial charge in [0.25, 0.3) is 5.19 Å². The molecule has 6 heteroatoms. The molecular weight excluding hydrogens is 250 g/mol. The van der Waals surface area contributed by atoms with Crippen LogP contribution >= 0.6 is 11.3 Å². The fourth-order valence-electron chi connectivity index (χ4n) is 1.78. The number of rotatable bonds is 7. The molecule has 1 aromatic heterocycles. The Bertz CT molecular complexity index is 351. The monoisotopic (exact) mass is 271 g/mol. The van der Waals surface area contributed by atoms with Crippen LogP contribution < -0.4 is 10.1 Å². The predicted molar refractivity (Wildman–Crippen MR) is 70.9 cm³/mol. The van der Waals surface area contributed by atoms with Gasteiger partial charge in [-0.05, 0) is 25.3 Å². The van der Waals surface area contributed by atoms with Crippen molar-refractivity contribution in [3.8, 4) is 5.19 Å². The molecule has 0 aromatic carbocycles. The first-order chi connectivity index (χ1) is 8.74. The van der Waals surface area contributed by atoms with Crippen molar-refractivity contribution in [3.63, 3.8) is 0 Å². The lowest BCUT2D eigenvalue weighted by atomic mass is 10.2. The summed E-state index contributed by atoms with van der Waals surface area (Å²) < 4.78 is 11.1. The number of ether oxygens (including phenoxy) is 2. The van der Waals surface area contributed by atoms with Crippen molar-refractivity contribution in [1.29, 1.82) is 0 Å². The average Bonchev–Trinajstić information content (AvgIpc) is 2.96. The van der Waals surface area contributed by atoms with Crippen LogP contribution in [0, 0.1) is 5.92 Å². The molecule has 1 N–H and O–H groups in total. The maximum absolute atomic E-state index is 5.59. The van der Waals surface area contributed by atoms with Gasteiger partial charge in [-0.1, -0.05) is 25.2 Å². The summed E-state index contributed by atoms with van der Waals surface area (Å²) >= 11 is 1.51. The number of aromatic nitrogens is 2. The van der Waals surface area contributed by atoms with E-state index in [9.17, 15) is 0 Å². The van der Waals surface area contributed by atoms with Crippen LogP contribution in [-0.4, -0.2) is 36.1 Å². The van der Waals surface area contributed by atoms with E-state index in [1.54, 1.807) is 0 Å². The van der Waals surface area contributed by atoms with Gasteiger partial charge in [-0.3, -0.25) is 0 Å². The zero-order valence-corrected chi connectivity index (χ0v) is 11.8. The van der Waals surface area contributed by atoms with E-state index in [2.05, 4.69) is 29.4 Å². The van der Waals surface area contributed by atoms with Gasteiger partial charge in [0, 0.05) is 13.2 Å². The molecule has 1 atom stereocenters. The van der Waals surface area contributed by atoms with Crippen LogP contribution in [0.15, 0.2) is 0 Å². The van der Waals surface area contributed by atoms with Crippen molar-refractivity contribution in [2.45, 2.75) is 39.3 Å². The largest absolute Gasteiger partial charge is 0.466 e. The van der Waals surface area contributed by atoms with Gasteiger partial charge < -0.3 is 14.8 Å². The quantitative estimate of drug-likeness (QED) is 0.820. The van der Waals surface area contributed by atoms with E-state index >= 15 is 0 Å². The van der Waals surface area contributed by atoms with Crippen LogP contribution in [0.3, 0.4) is 0 Å². The second-order valence-electron chi connectivity index (χ2n) is 4.93. The molecular formula is C12H21N3O2S. The standard InChI is InChI=1S/C12H21N3O2S/c1-9(2)6-13-7-11-14-15-12(18-11)17-8-10-4-3-5-16-10/h9-10,13H,3-8H2,1-2H3. The van der Waals surface area contributed by atoms with E-state index < -0.39 is 0 Å². The molecule has 5 nitrogen and oxygen atoms in total. The highest BCUT2D eigenvalue weighted by Crippen LogP contribution is 2.19. The van der Waals surface area contributed by atoms with Crippen molar-refractivity contribution in [3.05, 3.63) is 5.01 Å². The van der Waals surface area contributed by atoms with Gasteiger partial charge in [0.15, 0.2) is 0 Å². The third-order valence-electron chi connectivity index (χ3n) is 2.69. The molecule has 2 rings (SSSR count). The van der Waals surface area contributed by atoms with Crippen LogP contribution in [0.2, 0.25) is 0 Å². The molecule has 1 fully saturated rings. The van der Waals surface area contributed by atoms with Crippen LogP contribution in [0.4, 0.5) is 0 Å². The molecule has 1 aliphatic heterocycles. The number of nitrogens with one attached hydrogen (secondary N) is 1. The highest BCUT2D eigenvalue weighted by atomic mass is 32.1. The van der Waals surface area contributed by atoms with Crippen LogP contribution in [-0.2, 0) is 11.3 Å². The van der Waals surface area contributed by atoms with E-state index in [0.717, 1.165) is 37.5 Å². The molecule has 1 unspecified atom stereocenters.